The maximum Gasteiger partial charge on any atom is 0.322 e. The molecule has 1 unspecified atom stereocenters. The second-order valence-electron chi connectivity index (χ2n) is 5.17. The number of piperidine rings is 1. The highest BCUT2D eigenvalue weighted by atomic mass is 32.2. The van der Waals surface area contributed by atoms with Gasteiger partial charge in [-0.15, -0.1) is 0 Å². The first-order valence-electron chi connectivity index (χ1n) is 6.07. The van der Waals surface area contributed by atoms with Crippen LogP contribution in [0.3, 0.4) is 0 Å². The Bertz CT molecular complexity index is 513. The zero-order valence-electron chi connectivity index (χ0n) is 9.81. The van der Waals surface area contributed by atoms with E-state index >= 15 is 0 Å². The number of urea groups is 1. The third-order valence-electron chi connectivity index (χ3n) is 3.78. The Hall–Kier alpha value is -1.15. The summed E-state index contributed by atoms with van der Waals surface area (Å²) in [4.78, 5) is 23.0. The summed E-state index contributed by atoms with van der Waals surface area (Å²) >= 11 is 0. The van der Waals surface area contributed by atoms with Crippen molar-refractivity contribution >= 4 is 22.0 Å². The maximum atomic E-state index is 12.2. The Morgan fingerprint density at radius 1 is 1.28 bits per heavy atom. The number of carbonyl (C=O) groups excluding carboxylic acids is 2. The van der Waals surface area contributed by atoms with Crippen LogP contribution in [0.2, 0.25) is 0 Å². The highest BCUT2D eigenvalue weighted by Gasteiger charge is 2.52. The first-order chi connectivity index (χ1) is 8.44. The van der Waals surface area contributed by atoms with E-state index in [1.54, 1.807) is 0 Å². The lowest BCUT2D eigenvalue weighted by Crippen LogP contribution is -2.59. The van der Waals surface area contributed by atoms with Gasteiger partial charge in [0.25, 0.3) is 5.91 Å². The highest BCUT2D eigenvalue weighted by Crippen LogP contribution is 2.34. The molecule has 1 aliphatic carbocycles. The number of rotatable bonds is 2. The lowest BCUT2D eigenvalue weighted by molar-refractivity contribution is -0.125. The third-order valence-corrected chi connectivity index (χ3v) is 6.12. The first-order valence-corrected chi connectivity index (χ1v) is 7.57. The van der Waals surface area contributed by atoms with Crippen molar-refractivity contribution in [2.45, 2.75) is 36.5 Å². The minimum Gasteiger partial charge on any atom is -0.322 e. The molecule has 3 amide bonds. The van der Waals surface area contributed by atoms with Crippen molar-refractivity contribution in [2.75, 3.05) is 13.1 Å². The average molecular weight is 273 g/mol. The molecule has 8 heteroatoms. The molecule has 2 N–H and O–H groups in total. The molecule has 0 bridgehead atoms. The van der Waals surface area contributed by atoms with Gasteiger partial charge in [-0.25, -0.2) is 13.2 Å². The van der Waals surface area contributed by atoms with E-state index in [2.05, 4.69) is 10.6 Å². The van der Waals surface area contributed by atoms with Gasteiger partial charge in [0.1, 0.15) is 5.54 Å². The second-order valence-corrected chi connectivity index (χ2v) is 7.38. The largest absolute Gasteiger partial charge is 0.322 e. The molecule has 3 fully saturated rings. The fraction of sp³-hybridized carbons (Fsp3) is 0.800. The SMILES string of the molecule is O=C1NC(=O)C2(CCCN(S(=O)(=O)C3CC3)C2)N1. The van der Waals surface area contributed by atoms with E-state index in [1.807, 2.05) is 0 Å². The quantitative estimate of drug-likeness (QED) is 0.641. The van der Waals surface area contributed by atoms with Gasteiger partial charge in [0.2, 0.25) is 10.0 Å². The van der Waals surface area contributed by atoms with Crippen LogP contribution in [-0.2, 0) is 14.8 Å². The molecule has 3 aliphatic rings. The maximum absolute atomic E-state index is 12.2. The van der Waals surface area contributed by atoms with Crippen LogP contribution in [0.25, 0.3) is 0 Å². The molecule has 1 spiro atoms. The smallest absolute Gasteiger partial charge is 0.322 e. The van der Waals surface area contributed by atoms with Crippen molar-refractivity contribution < 1.29 is 18.0 Å². The van der Waals surface area contributed by atoms with Gasteiger partial charge in [-0.1, -0.05) is 0 Å². The van der Waals surface area contributed by atoms with E-state index in [4.69, 9.17) is 0 Å². The van der Waals surface area contributed by atoms with E-state index < -0.39 is 27.5 Å². The van der Waals surface area contributed by atoms with E-state index in [0.717, 1.165) is 0 Å². The van der Waals surface area contributed by atoms with E-state index in [1.165, 1.54) is 4.31 Å². The summed E-state index contributed by atoms with van der Waals surface area (Å²) in [6.07, 6.45) is 2.47. The molecule has 2 saturated heterocycles. The number of nitrogens with one attached hydrogen (secondary N) is 2. The van der Waals surface area contributed by atoms with Crippen molar-refractivity contribution in [3.63, 3.8) is 0 Å². The number of imide groups is 1. The van der Waals surface area contributed by atoms with Crippen LogP contribution < -0.4 is 10.6 Å². The highest BCUT2D eigenvalue weighted by molar-refractivity contribution is 7.90. The number of hydrogen-bond acceptors (Lipinski definition) is 4. The lowest BCUT2D eigenvalue weighted by atomic mass is 9.90. The molecule has 0 aromatic carbocycles. The van der Waals surface area contributed by atoms with Gasteiger partial charge in [-0.05, 0) is 25.7 Å². The van der Waals surface area contributed by atoms with Crippen molar-refractivity contribution in [1.82, 2.24) is 14.9 Å². The standard InChI is InChI=1S/C10H15N3O4S/c14-8-10(12-9(15)11-8)4-1-5-13(6-10)18(16,17)7-2-3-7/h7H,1-6H2,(H2,11,12,14,15). The van der Waals surface area contributed by atoms with Crippen LogP contribution in [0.5, 0.6) is 0 Å². The number of carbonyl (C=O) groups is 2. The number of nitrogens with zero attached hydrogens (tertiary/aromatic N) is 1. The molecule has 1 atom stereocenters. The van der Waals surface area contributed by atoms with Crippen molar-refractivity contribution in [3.8, 4) is 0 Å². The van der Waals surface area contributed by atoms with Gasteiger partial charge < -0.3 is 5.32 Å². The van der Waals surface area contributed by atoms with E-state index in [9.17, 15) is 18.0 Å². The Kier molecular flexibility index (Phi) is 2.43. The molecule has 18 heavy (non-hydrogen) atoms. The Morgan fingerprint density at radius 3 is 2.56 bits per heavy atom. The van der Waals surface area contributed by atoms with Crippen LogP contribution in [0.1, 0.15) is 25.7 Å². The van der Waals surface area contributed by atoms with Gasteiger partial charge in [0.05, 0.1) is 5.25 Å². The van der Waals surface area contributed by atoms with E-state index in [-0.39, 0.29) is 11.8 Å². The molecular formula is C10H15N3O4S. The molecule has 0 radical (unpaired) electrons. The molecule has 2 heterocycles. The van der Waals surface area contributed by atoms with Crippen LogP contribution in [0.15, 0.2) is 0 Å². The van der Waals surface area contributed by atoms with Crippen LogP contribution in [0, 0.1) is 0 Å². The van der Waals surface area contributed by atoms with Gasteiger partial charge in [-0.2, -0.15) is 4.31 Å². The molecule has 1 saturated carbocycles. The van der Waals surface area contributed by atoms with Crippen molar-refractivity contribution in [2.24, 2.45) is 0 Å². The normalized spacial score (nSPS) is 33.6. The zero-order chi connectivity index (χ0) is 13.0. The summed E-state index contributed by atoms with van der Waals surface area (Å²) in [6, 6.07) is -0.536. The summed E-state index contributed by atoms with van der Waals surface area (Å²) in [6.45, 7) is 0.493. The number of hydrogen-bond donors (Lipinski definition) is 2. The van der Waals surface area contributed by atoms with Crippen LogP contribution >= 0.6 is 0 Å². The van der Waals surface area contributed by atoms with Crippen LogP contribution in [-0.4, -0.2) is 48.5 Å². The molecule has 3 rings (SSSR count). The predicted molar refractivity (Wildman–Crippen MR) is 62.2 cm³/mol. The molecule has 0 aromatic rings. The lowest BCUT2D eigenvalue weighted by Gasteiger charge is -2.37. The minimum atomic E-state index is -3.29. The van der Waals surface area contributed by atoms with E-state index in [0.29, 0.717) is 32.2 Å². The topological polar surface area (TPSA) is 95.6 Å². The van der Waals surface area contributed by atoms with Crippen molar-refractivity contribution in [1.29, 1.82) is 0 Å². The van der Waals surface area contributed by atoms with Gasteiger partial charge in [0, 0.05) is 13.1 Å². The fourth-order valence-electron chi connectivity index (χ4n) is 2.63. The Morgan fingerprint density at radius 2 is 2.00 bits per heavy atom. The summed E-state index contributed by atoms with van der Waals surface area (Å²) in [5, 5.41) is 4.47. The van der Waals surface area contributed by atoms with Crippen LogP contribution in [0.4, 0.5) is 4.79 Å². The van der Waals surface area contributed by atoms with Gasteiger partial charge >= 0.3 is 6.03 Å². The zero-order valence-corrected chi connectivity index (χ0v) is 10.6. The van der Waals surface area contributed by atoms with Gasteiger partial charge in [-0.3, -0.25) is 10.1 Å². The summed E-state index contributed by atoms with van der Waals surface area (Å²) in [5.74, 6) is -0.414. The molecule has 100 valence electrons. The summed E-state index contributed by atoms with van der Waals surface area (Å²) in [7, 11) is -3.29. The Labute approximate surface area is 105 Å². The summed E-state index contributed by atoms with van der Waals surface area (Å²) < 4.78 is 25.7. The minimum absolute atomic E-state index is 0.0589. The summed E-state index contributed by atoms with van der Waals surface area (Å²) in [5.41, 5.74) is -1.06. The second kappa shape index (κ2) is 3.67. The number of amides is 3. The first kappa shape index (κ1) is 11.9. The monoisotopic (exact) mass is 273 g/mol. The predicted octanol–water partition coefficient (Wildman–Crippen LogP) is -0.847. The third kappa shape index (κ3) is 1.71. The Balaban J connectivity index is 1.84. The molecule has 2 aliphatic heterocycles. The van der Waals surface area contributed by atoms with Crippen molar-refractivity contribution in [3.05, 3.63) is 0 Å². The molecule has 0 aromatic heterocycles. The number of sulfonamides is 1. The molecule has 7 nitrogen and oxygen atoms in total. The molecular weight excluding hydrogens is 258 g/mol. The van der Waals surface area contributed by atoms with Gasteiger partial charge in [0.15, 0.2) is 0 Å². The average Bonchev–Trinajstić information content (AvgIpc) is 3.09. The fourth-order valence-corrected chi connectivity index (χ4v) is 4.56.